The minimum Gasteiger partial charge on any atom is -0.497 e. The molecule has 0 saturated heterocycles. The normalized spacial score (nSPS) is 11.5. The third-order valence-electron chi connectivity index (χ3n) is 5.08. The van der Waals surface area contributed by atoms with Crippen LogP contribution in [0, 0.1) is 6.92 Å². The van der Waals surface area contributed by atoms with Gasteiger partial charge in [0.25, 0.3) is 10.0 Å². The van der Waals surface area contributed by atoms with Gasteiger partial charge in [0, 0.05) is 22.7 Å². The number of ether oxygens (including phenoxy) is 1. The van der Waals surface area contributed by atoms with Crippen molar-refractivity contribution in [3.8, 4) is 5.75 Å². The summed E-state index contributed by atoms with van der Waals surface area (Å²) < 4.78 is 33.4. The molecule has 0 amide bonds. The molecule has 0 bridgehead atoms. The molecule has 6 nitrogen and oxygen atoms in total. The van der Waals surface area contributed by atoms with Gasteiger partial charge in [-0.15, -0.1) is 0 Å². The van der Waals surface area contributed by atoms with Crippen molar-refractivity contribution in [1.29, 1.82) is 0 Å². The average Bonchev–Trinajstić information content (AvgIpc) is 3.16. The summed E-state index contributed by atoms with van der Waals surface area (Å²) in [7, 11) is -2.53. The number of carbonyl (C=O) groups is 1. The fraction of sp³-hybridized carbons (Fsp3) is 0.0870. The molecule has 4 aromatic rings. The van der Waals surface area contributed by atoms with Gasteiger partial charge in [0.15, 0.2) is 0 Å². The summed E-state index contributed by atoms with van der Waals surface area (Å²) in [5.74, 6) is -0.0242. The molecule has 0 aliphatic carbocycles. The van der Waals surface area contributed by atoms with Crippen LogP contribution < -0.4 is 10.5 Å². The molecule has 1 aromatic heterocycles. The molecule has 0 fully saturated rings. The Hall–Kier alpha value is -3.58. The van der Waals surface area contributed by atoms with Crippen LogP contribution in [0.2, 0.25) is 0 Å². The molecule has 0 radical (unpaired) electrons. The molecule has 2 N–H and O–H groups in total. The highest BCUT2D eigenvalue weighted by Crippen LogP contribution is 2.30. The quantitative estimate of drug-likeness (QED) is 0.389. The Bertz CT molecular complexity index is 1370. The summed E-state index contributed by atoms with van der Waals surface area (Å²) in [4.78, 5) is 13.7. The van der Waals surface area contributed by atoms with E-state index < -0.39 is 15.8 Å². The van der Waals surface area contributed by atoms with Crippen LogP contribution in [-0.4, -0.2) is 25.3 Å². The monoisotopic (exact) mass is 420 g/mol. The summed E-state index contributed by atoms with van der Waals surface area (Å²) in [6.07, 6.45) is 0. The summed E-state index contributed by atoms with van der Waals surface area (Å²) in [5, 5.41) is 0.647. The highest BCUT2D eigenvalue weighted by atomic mass is 32.2. The smallest absolute Gasteiger partial charge is 0.268 e. The number of aromatic nitrogens is 1. The van der Waals surface area contributed by atoms with Crippen molar-refractivity contribution in [3.63, 3.8) is 0 Å². The number of hydrogen-bond donors (Lipinski definition) is 1. The number of anilines is 1. The molecule has 1 heterocycles. The third kappa shape index (κ3) is 3.13. The van der Waals surface area contributed by atoms with Gasteiger partial charge in [0.1, 0.15) is 11.4 Å². The van der Waals surface area contributed by atoms with E-state index in [1.54, 1.807) is 67.6 Å². The Kier molecular flexibility index (Phi) is 4.83. The van der Waals surface area contributed by atoms with Crippen molar-refractivity contribution >= 4 is 32.4 Å². The van der Waals surface area contributed by atoms with Crippen LogP contribution in [0.1, 0.15) is 21.6 Å². The summed E-state index contributed by atoms with van der Waals surface area (Å²) >= 11 is 0. The molecular weight excluding hydrogens is 400 g/mol. The van der Waals surface area contributed by atoms with E-state index >= 15 is 0 Å². The lowest BCUT2D eigenvalue weighted by Crippen LogP contribution is -2.19. The highest BCUT2D eigenvalue weighted by Gasteiger charge is 2.28. The number of nitrogens with two attached hydrogens (primary N) is 1. The van der Waals surface area contributed by atoms with E-state index in [2.05, 4.69) is 0 Å². The first-order valence-electron chi connectivity index (χ1n) is 9.24. The van der Waals surface area contributed by atoms with Gasteiger partial charge in [-0.05, 0) is 42.8 Å². The Morgan fingerprint density at radius 3 is 2.33 bits per heavy atom. The SMILES string of the molecule is COc1cc(N)c(C)c(C(=O)c2cc3ccccc3n2S(=O)(=O)c2ccccc2)c1. The zero-order chi connectivity index (χ0) is 21.5. The Morgan fingerprint density at radius 1 is 0.967 bits per heavy atom. The molecular formula is C23H20N2O4S. The summed E-state index contributed by atoms with van der Waals surface area (Å²) in [5.41, 5.74) is 7.76. The summed E-state index contributed by atoms with van der Waals surface area (Å²) in [6, 6.07) is 19.8. The predicted octanol–water partition coefficient (Wildman–Crippen LogP) is 4.01. The first-order valence-corrected chi connectivity index (χ1v) is 10.7. The van der Waals surface area contributed by atoms with Gasteiger partial charge in [-0.1, -0.05) is 36.4 Å². The number of para-hydroxylation sites is 1. The van der Waals surface area contributed by atoms with Crippen molar-refractivity contribution < 1.29 is 17.9 Å². The average molecular weight is 420 g/mol. The number of hydrogen-bond acceptors (Lipinski definition) is 5. The minimum absolute atomic E-state index is 0.0378. The molecule has 0 aliphatic heterocycles. The minimum atomic E-state index is -4.01. The van der Waals surface area contributed by atoms with Crippen LogP contribution in [0.4, 0.5) is 5.69 Å². The van der Waals surface area contributed by atoms with Gasteiger partial charge in [-0.25, -0.2) is 12.4 Å². The standard InChI is InChI=1S/C23H20N2O4S/c1-15-19(13-17(29-2)14-20(15)24)23(26)22-12-16-8-6-7-11-21(16)25(22)30(27,28)18-9-4-3-5-10-18/h3-14H,24H2,1-2H3. The van der Waals surface area contributed by atoms with Crippen LogP contribution in [0.5, 0.6) is 5.75 Å². The number of fused-ring (bicyclic) bond motifs is 1. The number of methoxy groups -OCH3 is 1. The van der Waals surface area contributed by atoms with Gasteiger partial charge in [-0.2, -0.15) is 0 Å². The second kappa shape index (κ2) is 7.35. The highest BCUT2D eigenvalue weighted by molar-refractivity contribution is 7.90. The first-order chi connectivity index (χ1) is 14.3. The molecule has 0 aliphatic rings. The van der Waals surface area contributed by atoms with Crippen LogP contribution in [0.3, 0.4) is 0 Å². The van der Waals surface area contributed by atoms with Crippen molar-refractivity contribution in [2.75, 3.05) is 12.8 Å². The van der Waals surface area contributed by atoms with Gasteiger partial charge < -0.3 is 10.5 Å². The number of carbonyl (C=O) groups excluding carboxylic acids is 1. The van der Waals surface area contributed by atoms with E-state index in [1.165, 1.54) is 19.2 Å². The van der Waals surface area contributed by atoms with Crippen molar-refractivity contribution in [2.24, 2.45) is 0 Å². The van der Waals surface area contributed by atoms with Crippen molar-refractivity contribution in [3.05, 3.63) is 89.6 Å². The van der Waals surface area contributed by atoms with E-state index in [4.69, 9.17) is 10.5 Å². The molecule has 3 aromatic carbocycles. The molecule has 0 spiro atoms. The number of benzene rings is 3. The van der Waals surface area contributed by atoms with E-state index in [0.29, 0.717) is 33.5 Å². The topological polar surface area (TPSA) is 91.4 Å². The maximum Gasteiger partial charge on any atom is 0.268 e. The Balaban J connectivity index is 2.01. The fourth-order valence-electron chi connectivity index (χ4n) is 3.45. The lowest BCUT2D eigenvalue weighted by atomic mass is 10.0. The zero-order valence-corrected chi connectivity index (χ0v) is 17.3. The van der Waals surface area contributed by atoms with Crippen LogP contribution in [0.25, 0.3) is 10.9 Å². The Labute approximate surface area is 174 Å². The van der Waals surface area contributed by atoms with E-state index in [1.807, 2.05) is 0 Å². The van der Waals surface area contributed by atoms with Crippen molar-refractivity contribution in [2.45, 2.75) is 11.8 Å². The molecule has 4 rings (SSSR count). The number of nitrogens with zero attached hydrogens (tertiary/aromatic N) is 1. The van der Waals surface area contributed by atoms with Gasteiger partial charge in [0.05, 0.1) is 17.5 Å². The van der Waals surface area contributed by atoms with Gasteiger partial charge >= 0.3 is 0 Å². The summed E-state index contributed by atoms with van der Waals surface area (Å²) in [6.45, 7) is 1.72. The fourth-order valence-corrected chi connectivity index (χ4v) is 4.98. The van der Waals surface area contributed by atoms with Crippen LogP contribution in [-0.2, 0) is 10.0 Å². The van der Waals surface area contributed by atoms with Gasteiger partial charge in [-0.3, -0.25) is 4.79 Å². The maximum atomic E-state index is 13.6. The Morgan fingerprint density at radius 2 is 1.63 bits per heavy atom. The largest absolute Gasteiger partial charge is 0.497 e. The maximum absolute atomic E-state index is 13.6. The lowest BCUT2D eigenvalue weighted by Gasteiger charge is -2.14. The second-order valence-electron chi connectivity index (χ2n) is 6.89. The number of nitrogen functional groups attached to an aromatic ring is 1. The lowest BCUT2D eigenvalue weighted by molar-refractivity contribution is 0.103. The number of ketones is 1. The molecule has 0 atom stereocenters. The third-order valence-corrected chi connectivity index (χ3v) is 6.82. The predicted molar refractivity (Wildman–Crippen MR) is 117 cm³/mol. The van der Waals surface area contributed by atoms with Crippen LogP contribution in [0.15, 0.2) is 77.7 Å². The zero-order valence-electron chi connectivity index (χ0n) is 16.5. The van der Waals surface area contributed by atoms with Crippen LogP contribution >= 0.6 is 0 Å². The van der Waals surface area contributed by atoms with E-state index in [9.17, 15) is 13.2 Å². The van der Waals surface area contributed by atoms with E-state index in [0.717, 1.165) is 3.97 Å². The van der Waals surface area contributed by atoms with E-state index in [-0.39, 0.29) is 10.6 Å². The molecule has 152 valence electrons. The molecule has 0 saturated carbocycles. The molecule has 7 heteroatoms. The van der Waals surface area contributed by atoms with Crippen molar-refractivity contribution in [1.82, 2.24) is 3.97 Å². The number of rotatable bonds is 5. The first kappa shape index (κ1) is 19.7. The molecule has 30 heavy (non-hydrogen) atoms. The second-order valence-corrected chi connectivity index (χ2v) is 8.68. The van der Waals surface area contributed by atoms with Gasteiger partial charge in [0.2, 0.25) is 5.78 Å². The molecule has 0 unspecified atom stereocenters.